The summed E-state index contributed by atoms with van der Waals surface area (Å²) in [6.07, 6.45) is 13.5. The number of nitrogens with zero attached hydrogens (tertiary/aromatic N) is 4. The van der Waals surface area contributed by atoms with Crippen molar-refractivity contribution >= 4 is 54.3 Å². The van der Waals surface area contributed by atoms with E-state index < -0.39 is 0 Å². The summed E-state index contributed by atoms with van der Waals surface area (Å²) >= 11 is 2.38. The van der Waals surface area contributed by atoms with Crippen LogP contribution in [-0.4, -0.2) is 21.2 Å². The number of allylic oxidation sites excluding steroid dienone is 4. The normalized spacial score (nSPS) is 14.4. The SMILES string of the molecule is Cc1cc(/C(I)=C/N=CC2C=CC=CC2)ccc1-c1ccc2oc3cccc(-c4nc(-c5ccccc5)nc(-c5cccc(-c6ccccc6)c5)n4)c3c2c1. The Hall–Kier alpha value is -6.25. The maximum absolute atomic E-state index is 6.46. The van der Waals surface area contributed by atoms with Gasteiger partial charge in [0.05, 0.1) is 0 Å². The Bertz CT molecular complexity index is 2820. The van der Waals surface area contributed by atoms with Gasteiger partial charge in [-0.15, -0.1) is 0 Å². The van der Waals surface area contributed by atoms with Gasteiger partial charge in [-0.3, -0.25) is 4.99 Å². The van der Waals surface area contributed by atoms with Crippen LogP contribution in [0.1, 0.15) is 17.5 Å². The van der Waals surface area contributed by atoms with Gasteiger partial charge >= 0.3 is 0 Å². The Morgan fingerprint density at radius 1 is 0.636 bits per heavy atom. The molecule has 0 N–H and O–H groups in total. The van der Waals surface area contributed by atoms with E-state index in [9.17, 15) is 0 Å². The average molecular weight is 823 g/mol. The number of halogens is 1. The second-order valence-electron chi connectivity index (χ2n) is 13.6. The Kier molecular flexibility index (Phi) is 9.56. The van der Waals surface area contributed by atoms with Crippen molar-refractivity contribution in [2.45, 2.75) is 13.3 Å². The summed E-state index contributed by atoms with van der Waals surface area (Å²) in [5, 5.41) is 1.98. The van der Waals surface area contributed by atoms with Crippen LogP contribution < -0.4 is 0 Å². The Morgan fingerprint density at radius 3 is 2.15 bits per heavy atom. The number of fused-ring (bicyclic) bond motifs is 3. The van der Waals surface area contributed by atoms with Gasteiger partial charge in [-0.2, -0.15) is 0 Å². The third-order valence-corrected chi connectivity index (χ3v) is 10.8. The molecular formula is C49H35IN4O. The molecule has 2 aromatic heterocycles. The van der Waals surface area contributed by atoms with Gasteiger partial charge in [0.25, 0.3) is 0 Å². The molecule has 5 nitrogen and oxygen atoms in total. The summed E-state index contributed by atoms with van der Waals surface area (Å²) in [4.78, 5) is 19.9. The molecule has 6 aromatic carbocycles. The average Bonchev–Trinajstić information content (AvgIpc) is 3.63. The van der Waals surface area contributed by atoms with Crippen molar-refractivity contribution in [3.63, 3.8) is 0 Å². The smallest absolute Gasteiger partial charge is 0.164 e. The van der Waals surface area contributed by atoms with Crippen molar-refractivity contribution in [2.24, 2.45) is 10.9 Å². The van der Waals surface area contributed by atoms with Crippen molar-refractivity contribution in [1.82, 2.24) is 15.0 Å². The predicted octanol–water partition coefficient (Wildman–Crippen LogP) is 13.4. The van der Waals surface area contributed by atoms with Gasteiger partial charge in [0.15, 0.2) is 17.5 Å². The van der Waals surface area contributed by atoms with E-state index in [0.29, 0.717) is 23.4 Å². The molecule has 0 saturated carbocycles. The van der Waals surface area contributed by atoms with Gasteiger partial charge < -0.3 is 4.42 Å². The van der Waals surface area contributed by atoms with Crippen LogP contribution in [0.5, 0.6) is 0 Å². The first-order valence-electron chi connectivity index (χ1n) is 18.3. The molecule has 0 amide bonds. The molecule has 1 aliphatic carbocycles. The van der Waals surface area contributed by atoms with E-state index in [1.165, 1.54) is 5.56 Å². The van der Waals surface area contributed by atoms with Crippen LogP contribution in [0.3, 0.4) is 0 Å². The number of furan rings is 1. The summed E-state index contributed by atoms with van der Waals surface area (Å²) in [5.41, 5.74) is 11.2. The number of benzene rings is 6. The molecule has 1 atom stereocenters. The molecule has 0 spiro atoms. The monoisotopic (exact) mass is 822 g/mol. The second kappa shape index (κ2) is 15.2. The van der Waals surface area contributed by atoms with Crippen LogP contribution in [0.25, 0.3) is 81.9 Å². The fourth-order valence-electron chi connectivity index (χ4n) is 7.13. The zero-order valence-electron chi connectivity index (χ0n) is 30.1. The molecule has 6 heteroatoms. The highest BCUT2D eigenvalue weighted by molar-refractivity contribution is 14.1. The topological polar surface area (TPSA) is 64.2 Å². The van der Waals surface area contributed by atoms with Crippen LogP contribution >= 0.6 is 22.6 Å². The van der Waals surface area contributed by atoms with Crippen molar-refractivity contribution in [3.05, 3.63) is 181 Å². The Labute approximate surface area is 333 Å². The molecular weight excluding hydrogens is 787 g/mol. The largest absolute Gasteiger partial charge is 0.456 e. The first-order chi connectivity index (χ1) is 27.1. The summed E-state index contributed by atoms with van der Waals surface area (Å²) in [7, 11) is 0. The lowest BCUT2D eigenvalue weighted by molar-refractivity contribution is 0.669. The van der Waals surface area contributed by atoms with Crippen molar-refractivity contribution < 1.29 is 4.42 Å². The molecule has 55 heavy (non-hydrogen) atoms. The molecule has 1 unspecified atom stereocenters. The lowest BCUT2D eigenvalue weighted by atomic mass is 9.96. The van der Waals surface area contributed by atoms with Crippen LogP contribution in [-0.2, 0) is 0 Å². The van der Waals surface area contributed by atoms with Gasteiger partial charge in [-0.1, -0.05) is 140 Å². The second-order valence-corrected chi connectivity index (χ2v) is 14.8. The molecule has 0 radical (unpaired) electrons. The maximum atomic E-state index is 6.46. The number of hydrogen-bond donors (Lipinski definition) is 0. The fraction of sp³-hybridized carbons (Fsp3) is 0.0612. The molecule has 8 aromatic rings. The summed E-state index contributed by atoms with van der Waals surface area (Å²) in [6, 6.07) is 48.0. The third kappa shape index (κ3) is 7.21. The lowest BCUT2D eigenvalue weighted by Crippen LogP contribution is -2.00. The highest BCUT2D eigenvalue weighted by Crippen LogP contribution is 2.39. The number of aliphatic imine (C=N–C) groups is 1. The van der Waals surface area contributed by atoms with E-state index in [1.807, 2.05) is 60.9 Å². The lowest BCUT2D eigenvalue weighted by Gasteiger charge is -2.11. The van der Waals surface area contributed by atoms with Crippen LogP contribution in [0, 0.1) is 12.8 Å². The summed E-state index contributed by atoms with van der Waals surface area (Å²) in [6.45, 7) is 2.17. The van der Waals surface area contributed by atoms with E-state index >= 15 is 0 Å². The number of rotatable bonds is 8. The fourth-order valence-corrected chi connectivity index (χ4v) is 7.63. The zero-order chi connectivity index (χ0) is 37.1. The van der Waals surface area contributed by atoms with E-state index in [1.54, 1.807) is 0 Å². The van der Waals surface area contributed by atoms with Crippen molar-refractivity contribution in [2.75, 3.05) is 0 Å². The maximum Gasteiger partial charge on any atom is 0.164 e. The van der Waals surface area contributed by atoms with Crippen LogP contribution in [0.15, 0.2) is 179 Å². The molecule has 0 aliphatic heterocycles. The Morgan fingerprint density at radius 2 is 1.36 bits per heavy atom. The first kappa shape index (κ1) is 34.5. The molecule has 264 valence electrons. The molecule has 2 heterocycles. The van der Waals surface area contributed by atoms with Gasteiger partial charge in [-0.05, 0) is 93.6 Å². The Balaban J connectivity index is 1.12. The van der Waals surface area contributed by atoms with E-state index in [4.69, 9.17) is 19.4 Å². The molecule has 0 fully saturated rings. The summed E-state index contributed by atoms with van der Waals surface area (Å²) < 4.78 is 7.56. The zero-order valence-corrected chi connectivity index (χ0v) is 32.3. The van der Waals surface area contributed by atoms with Gasteiger partial charge in [0.2, 0.25) is 0 Å². The predicted molar refractivity (Wildman–Crippen MR) is 236 cm³/mol. The van der Waals surface area contributed by atoms with Crippen LogP contribution in [0.4, 0.5) is 0 Å². The van der Waals surface area contributed by atoms with E-state index in [2.05, 4.69) is 150 Å². The molecule has 0 bridgehead atoms. The van der Waals surface area contributed by atoms with Crippen molar-refractivity contribution in [1.29, 1.82) is 0 Å². The minimum Gasteiger partial charge on any atom is -0.456 e. The molecule has 0 saturated heterocycles. The van der Waals surface area contributed by atoms with Gasteiger partial charge in [0.1, 0.15) is 11.2 Å². The number of hydrogen-bond acceptors (Lipinski definition) is 5. The van der Waals surface area contributed by atoms with Gasteiger partial charge in [0, 0.05) is 49.4 Å². The highest BCUT2D eigenvalue weighted by atomic mass is 127. The minimum absolute atomic E-state index is 0.346. The number of aryl methyl sites for hydroxylation is 1. The number of aromatic nitrogens is 3. The standard InChI is InChI=1S/C49H35IN4O/c1-32-27-38(43(50)31-51-30-33-13-5-2-6-14-33)23-25-40(32)37-24-26-44-42(29-37)46-41(21-12-22-45(46)55-44)49-53-47(35-17-9-4-10-18-35)52-48(54-49)39-20-11-19-36(28-39)34-15-7-3-8-16-34/h2-13,15-31,33H,14H2,1H3/b43-31-,51-30?. The van der Waals surface area contributed by atoms with Gasteiger partial charge in [-0.25, -0.2) is 15.0 Å². The minimum atomic E-state index is 0.346. The van der Waals surface area contributed by atoms with Crippen molar-refractivity contribution in [3.8, 4) is 56.4 Å². The third-order valence-electron chi connectivity index (χ3n) is 9.92. The van der Waals surface area contributed by atoms with E-state index in [0.717, 1.165) is 76.4 Å². The summed E-state index contributed by atoms with van der Waals surface area (Å²) in [5.74, 6) is 2.16. The highest BCUT2D eigenvalue weighted by Gasteiger charge is 2.19. The first-order valence-corrected chi connectivity index (χ1v) is 19.4. The molecule has 1 aliphatic rings. The quantitative estimate of drug-likeness (QED) is 0.113. The van der Waals surface area contributed by atoms with Crippen LogP contribution in [0.2, 0.25) is 0 Å². The van der Waals surface area contributed by atoms with E-state index in [-0.39, 0.29) is 0 Å². The molecule has 9 rings (SSSR count).